The van der Waals surface area contributed by atoms with Crippen LogP contribution in [0.3, 0.4) is 0 Å². The Kier molecular flexibility index (Phi) is 8.98. The van der Waals surface area contributed by atoms with Crippen molar-refractivity contribution < 1.29 is 20.1 Å². The summed E-state index contributed by atoms with van der Waals surface area (Å²) in [6.45, 7) is 13.9. The highest BCUT2D eigenvalue weighted by Crippen LogP contribution is 2.18. The van der Waals surface area contributed by atoms with Crippen LogP contribution in [0.1, 0.15) is 46.0 Å². The minimum absolute atomic E-state index is 0.0273. The maximum atomic E-state index is 9.84. The maximum absolute atomic E-state index is 9.84. The second kappa shape index (κ2) is 10.7. The number of likely N-dealkylation sites (tertiary alicyclic amines) is 2. The van der Waals surface area contributed by atoms with E-state index in [4.69, 9.17) is 14.9 Å². The average Bonchev–Trinajstić information content (AvgIpc) is 3.25. The van der Waals surface area contributed by atoms with Gasteiger partial charge in [0.05, 0.1) is 12.2 Å². The van der Waals surface area contributed by atoms with Crippen molar-refractivity contribution in [2.24, 2.45) is 0 Å². The van der Waals surface area contributed by atoms with E-state index in [9.17, 15) is 5.11 Å². The highest BCUT2D eigenvalue weighted by Gasteiger charge is 2.29. The van der Waals surface area contributed by atoms with Crippen LogP contribution in [0.25, 0.3) is 0 Å². The third kappa shape index (κ3) is 8.89. The molecule has 0 bridgehead atoms. The Morgan fingerprint density at radius 3 is 2.22 bits per heavy atom. The van der Waals surface area contributed by atoms with Gasteiger partial charge in [0, 0.05) is 44.5 Å². The minimum Gasteiger partial charge on any atom is -0.390 e. The number of ether oxygens (including phenoxy) is 1. The first-order chi connectivity index (χ1) is 12.7. The first kappa shape index (κ1) is 22.6. The van der Waals surface area contributed by atoms with Crippen molar-refractivity contribution >= 4 is 0 Å². The van der Waals surface area contributed by atoms with E-state index in [1.807, 2.05) is 0 Å². The molecule has 0 aromatic rings. The van der Waals surface area contributed by atoms with Gasteiger partial charge in [0.2, 0.25) is 0 Å². The first-order valence-electron chi connectivity index (χ1n) is 10.4. The van der Waals surface area contributed by atoms with Gasteiger partial charge < -0.3 is 35.2 Å². The minimum atomic E-state index is -1.50. The molecule has 0 aromatic heterocycles. The largest absolute Gasteiger partial charge is 0.390 e. The van der Waals surface area contributed by atoms with Crippen molar-refractivity contribution in [3.63, 3.8) is 0 Å². The van der Waals surface area contributed by atoms with Crippen LogP contribution in [0.5, 0.6) is 0 Å². The van der Waals surface area contributed by atoms with E-state index in [1.54, 1.807) is 0 Å². The van der Waals surface area contributed by atoms with Crippen LogP contribution >= 0.6 is 0 Å². The number of nitrogens with one attached hydrogen (secondary N) is 1. The van der Waals surface area contributed by atoms with Gasteiger partial charge in [-0.3, -0.25) is 0 Å². The SMILES string of the molecule is C=C(CNC1CCN(CC2OCCC2O)CC1)N1CCCC1.CC(C)(O)O. The molecule has 0 aromatic carbocycles. The third-order valence-corrected chi connectivity index (χ3v) is 5.35. The summed E-state index contributed by atoms with van der Waals surface area (Å²) in [6, 6.07) is 0.602. The summed E-state index contributed by atoms with van der Waals surface area (Å²) >= 11 is 0. The van der Waals surface area contributed by atoms with Crippen LogP contribution < -0.4 is 5.32 Å². The number of nitrogens with zero attached hydrogens (tertiary/aromatic N) is 2. The summed E-state index contributed by atoms with van der Waals surface area (Å²) in [7, 11) is 0. The summed E-state index contributed by atoms with van der Waals surface area (Å²) in [6.07, 6.45) is 5.53. The van der Waals surface area contributed by atoms with Gasteiger partial charge in [-0.25, -0.2) is 0 Å². The molecule has 3 aliphatic heterocycles. The van der Waals surface area contributed by atoms with Crippen LogP contribution in [0.2, 0.25) is 0 Å². The lowest BCUT2D eigenvalue weighted by Gasteiger charge is -2.34. The second-order valence-corrected chi connectivity index (χ2v) is 8.48. The number of rotatable bonds is 6. The van der Waals surface area contributed by atoms with E-state index in [-0.39, 0.29) is 12.2 Å². The maximum Gasteiger partial charge on any atom is 0.156 e. The van der Waals surface area contributed by atoms with Gasteiger partial charge in [-0.1, -0.05) is 6.58 Å². The highest BCUT2D eigenvalue weighted by molar-refractivity contribution is 4.99. The van der Waals surface area contributed by atoms with Gasteiger partial charge in [-0.05, 0) is 59.0 Å². The smallest absolute Gasteiger partial charge is 0.156 e. The molecule has 27 heavy (non-hydrogen) atoms. The Labute approximate surface area is 164 Å². The molecule has 0 aliphatic carbocycles. The zero-order chi connectivity index (χ0) is 19.9. The molecule has 3 fully saturated rings. The molecule has 158 valence electrons. The normalized spacial score (nSPS) is 27.5. The molecule has 3 aliphatic rings. The molecular weight excluding hydrogens is 346 g/mol. The fourth-order valence-corrected chi connectivity index (χ4v) is 3.79. The Morgan fingerprint density at radius 2 is 1.70 bits per heavy atom. The van der Waals surface area contributed by atoms with Gasteiger partial charge >= 0.3 is 0 Å². The van der Waals surface area contributed by atoms with Crippen molar-refractivity contribution in [2.75, 3.05) is 45.9 Å². The molecule has 0 saturated carbocycles. The summed E-state index contributed by atoms with van der Waals surface area (Å²) in [5.74, 6) is -1.50. The van der Waals surface area contributed by atoms with E-state index in [0.717, 1.165) is 32.6 Å². The highest BCUT2D eigenvalue weighted by atomic mass is 16.5. The fraction of sp³-hybridized carbons (Fsp3) is 0.900. The third-order valence-electron chi connectivity index (χ3n) is 5.35. The lowest BCUT2D eigenvalue weighted by Crippen LogP contribution is -2.47. The van der Waals surface area contributed by atoms with E-state index in [0.29, 0.717) is 12.6 Å². The molecule has 0 radical (unpaired) electrons. The van der Waals surface area contributed by atoms with Crippen LogP contribution in [-0.2, 0) is 4.74 Å². The summed E-state index contributed by atoms with van der Waals surface area (Å²) in [4.78, 5) is 4.85. The lowest BCUT2D eigenvalue weighted by molar-refractivity contribution is -0.127. The van der Waals surface area contributed by atoms with Crippen molar-refractivity contribution in [2.45, 2.75) is 70.0 Å². The van der Waals surface area contributed by atoms with Gasteiger partial charge in [0.25, 0.3) is 0 Å². The monoisotopic (exact) mass is 385 g/mol. The predicted octanol–water partition coefficient (Wildman–Crippen LogP) is 0.507. The fourth-order valence-electron chi connectivity index (χ4n) is 3.79. The Morgan fingerprint density at radius 1 is 1.11 bits per heavy atom. The number of aliphatic hydroxyl groups is 3. The number of piperidine rings is 1. The average molecular weight is 386 g/mol. The Hall–Kier alpha value is -0.700. The lowest BCUT2D eigenvalue weighted by atomic mass is 10.0. The van der Waals surface area contributed by atoms with Crippen LogP contribution in [0.4, 0.5) is 0 Å². The standard InChI is InChI=1S/C17H31N3O2.C3H8O2/c1-14(20-7-2-3-8-20)12-18-15-4-9-19(10-5-15)13-17-16(21)6-11-22-17;1-3(2,4)5/h15-18,21H,1-13H2;4-5H,1-2H3. The zero-order valence-electron chi connectivity index (χ0n) is 17.1. The van der Waals surface area contributed by atoms with Crippen molar-refractivity contribution in [3.05, 3.63) is 12.3 Å². The molecule has 7 heteroatoms. The Bertz CT molecular complexity index is 435. The van der Waals surface area contributed by atoms with Crippen LogP contribution in [-0.4, -0.2) is 95.0 Å². The topological polar surface area (TPSA) is 88.4 Å². The van der Waals surface area contributed by atoms with Crippen LogP contribution in [0.15, 0.2) is 12.3 Å². The molecule has 4 N–H and O–H groups in total. The molecule has 2 unspecified atom stereocenters. The second-order valence-electron chi connectivity index (χ2n) is 8.48. The quantitative estimate of drug-likeness (QED) is 0.496. The number of hydrogen-bond acceptors (Lipinski definition) is 7. The molecule has 3 rings (SSSR count). The molecule has 2 atom stereocenters. The Balaban J connectivity index is 0.000000465. The first-order valence-corrected chi connectivity index (χ1v) is 10.4. The van der Waals surface area contributed by atoms with E-state index < -0.39 is 5.79 Å². The molecule has 0 amide bonds. The van der Waals surface area contributed by atoms with E-state index in [1.165, 1.54) is 58.3 Å². The molecular formula is C20H39N3O4. The van der Waals surface area contributed by atoms with E-state index >= 15 is 0 Å². The van der Waals surface area contributed by atoms with E-state index in [2.05, 4.69) is 21.7 Å². The van der Waals surface area contributed by atoms with Crippen molar-refractivity contribution in [3.8, 4) is 0 Å². The number of hydrogen-bond donors (Lipinski definition) is 4. The van der Waals surface area contributed by atoms with Crippen LogP contribution in [0, 0.1) is 0 Å². The van der Waals surface area contributed by atoms with Crippen molar-refractivity contribution in [1.29, 1.82) is 0 Å². The molecule has 7 nitrogen and oxygen atoms in total. The predicted molar refractivity (Wildman–Crippen MR) is 106 cm³/mol. The van der Waals surface area contributed by atoms with Gasteiger partial charge in [-0.2, -0.15) is 0 Å². The van der Waals surface area contributed by atoms with Gasteiger partial charge in [-0.15, -0.1) is 0 Å². The van der Waals surface area contributed by atoms with Crippen molar-refractivity contribution in [1.82, 2.24) is 15.1 Å². The van der Waals surface area contributed by atoms with Gasteiger partial charge in [0.1, 0.15) is 0 Å². The molecule has 0 spiro atoms. The summed E-state index contributed by atoms with van der Waals surface area (Å²) < 4.78 is 5.61. The summed E-state index contributed by atoms with van der Waals surface area (Å²) in [5, 5.41) is 29.7. The summed E-state index contributed by atoms with van der Waals surface area (Å²) in [5.41, 5.74) is 1.25. The molecule has 3 saturated heterocycles. The molecule has 3 heterocycles. The van der Waals surface area contributed by atoms with Gasteiger partial charge in [0.15, 0.2) is 5.79 Å². The number of aliphatic hydroxyl groups excluding tert-OH is 1. The zero-order valence-corrected chi connectivity index (χ0v) is 17.1.